The molecule has 1 unspecified atom stereocenters. The van der Waals surface area contributed by atoms with Crippen LogP contribution in [0.4, 0.5) is 5.69 Å². The molecule has 2 heterocycles. The molecule has 0 saturated carbocycles. The van der Waals surface area contributed by atoms with Crippen molar-refractivity contribution in [2.24, 2.45) is 0 Å². The summed E-state index contributed by atoms with van der Waals surface area (Å²) in [5.41, 5.74) is 2.45. The van der Waals surface area contributed by atoms with Crippen LogP contribution in [0.15, 0.2) is 48.5 Å². The second-order valence-electron chi connectivity index (χ2n) is 8.06. The molecule has 1 atom stereocenters. The monoisotopic (exact) mass is 438 g/mol. The van der Waals surface area contributed by atoms with E-state index in [4.69, 9.17) is 17.0 Å². The van der Waals surface area contributed by atoms with E-state index in [-0.39, 0.29) is 11.9 Å². The summed E-state index contributed by atoms with van der Waals surface area (Å²) in [4.78, 5) is 15.3. The van der Waals surface area contributed by atoms with Gasteiger partial charge in [0.1, 0.15) is 12.4 Å². The first-order chi connectivity index (χ1) is 15.2. The van der Waals surface area contributed by atoms with Crippen LogP contribution in [0.3, 0.4) is 0 Å². The van der Waals surface area contributed by atoms with E-state index in [9.17, 15) is 4.79 Å². The third-order valence-electron chi connectivity index (χ3n) is 5.85. The van der Waals surface area contributed by atoms with Crippen molar-refractivity contribution in [2.45, 2.75) is 31.7 Å². The number of hydrogen-bond acceptors (Lipinski definition) is 4. The Bertz CT molecular complexity index is 897. The first-order valence-electron chi connectivity index (χ1n) is 11.1. The molecule has 1 amide bonds. The number of para-hydroxylation sites is 1. The van der Waals surface area contributed by atoms with Gasteiger partial charge in [-0.3, -0.25) is 9.69 Å². The van der Waals surface area contributed by atoms with E-state index in [0.717, 1.165) is 36.5 Å². The quantitative estimate of drug-likeness (QED) is 0.573. The molecule has 2 aromatic rings. The summed E-state index contributed by atoms with van der Waals surface area (Å²) in [6.07, 6.45) is 4.81. The number of likely N-dealkylation sites (tertiary alicyclic amines) is 1. The zero-order valence-electron chi connectivity index (χ0n) is 17.7. The summed E-state index contributed by atoms with van der Waals surface area (Å²) in [6.45, 7) is 4.78. The highest BCUT2D eigenvalue weighted by Crippen LogP contribution is 2.27. The lowest BCUT2D eigenvalue weighted by Crippen LogP contribution is -2.44. The molecule has 4 rings (SSSR count). The van der Waals surface area contributed by atoms with Gasteiger partial charge in [-0.05, 0) is 80.5 Å². The molecule has 6 nitrogen and oxygen atoms in total. The van der Waals surface area contributed by atoms with Gasteiger partial charge < -0.3 is 20.7 Å². The Morgan fingerprint density at radius 3 is 2.65 bits per heavy atom. The largest absolute Gasteiger partial charge is 0.492 e. The minimum atomic E-state index is -0.135. The van der Waals surface area contributed by atoms with Gasteiger partial charge in [-0.1, -0.05) is 24.6 Å². The lowest BCUT2D eigenvalue weighted by Gasteiger charge is -2.28. The molecule has 2 fully saturated rings. The lowest BCUT2D eigenvalue weighted by atomic mass is 10.0. The molecule has 0 radical (unpaired) electrons. The van der Waals surface area contributed by atoms with Crippen LogP contribution in [0.25, 0.3) is 0 Å². The number of thiocarbonyl (C=S) groups is 1. The standard InChI is InChI=1S/C24H30N4O2S/c29-23(26-21-7-3-2-6-20(21)22-12-13-25-24(31)27-22)18-8-10-19(11-9-18)30-17-16-28-14-4-1-5-15-28/h2-3,6-11,22H,1,4-5,12-17H2,(H,26,29)(H2,25,27,31). The van der Waals surface area contributed by atoms with Crippen LogP contribution in [0, 0.1) is 0 Å². The van der Waals surface area contributed by atoms with Gasteiger partial charge in [-0.25, -0.2) is 0 Å². The number of piperidine rings is 1. The van der Waals surface area contributed by atoms with E-state index in [1.165, 1.54) is 32.4 Å². The summed E-state index contributed by atoms with van der Waals surface area (Å²) in [5.74, 6) is 0.658. The van der Waals surface area contributed by atoms with Crippen LogP contribution in [-0.4, -0.2) is 48.7 Å². The first-order valence-corrected chi connectivity index (χ1v) is 11.5. The molecule has 2 aliphatic rings. The van der Waals surface area contributed by atoms with Crippen molar-refractivity contribution in [3.63, 3.8) is 0 Å². The number of hydrogen-bond donors (Lipinski definition) is 3. The molecule has 0 bridgehead atoms. The number of amides is 1. The van der Waals surface area contributed by atoms with Gasteiger partial charge in [0, 0.05) is 24.3 Å². The van der Waals surface area contributed by atoms with Crippen LogP contribution in [0.5, 0.6) is 5.75 Å². The maximum atomic E-state index is 12.8. The van der Waals surface area contributed by atoms with E-state index >= 15 is 0 Å². The van der Waals surface area contributed by atoms with Gasteiger partial charge in [0.05, 0.1) is 6.04 Å². The Balaban J connectivity index is 1.33. The minimum absolute atomic E-state index is 0.0842. The highest BCUT2D eigenvalue weighted by Gasteiger charge is 2.20. The van der Waals surface area contributed by atoms with E-state index in [1.54, 1.807) is 0 Å². The zero-order valence-corrected chi connectivity index (χ0v) is 18.5. The predicted molar refractivity (Wildman–Crippen MR) is 128 cm³/mol. The topological polar surface area (TPSA) is 65.6 Å². The molecular weight excluding hydrogens is 408 g/mol. The second-order valence-corrected chi connectivity index (χ2v) is 8.47. The Kier molecular flexibility index (Phi) is 7.38. The Morgan fingerprint density at radius 1 is 1.10 bits per heavy atom. The molecule has 0 spiro atoms. The SMILES string of the molecule is O=C(Nc1ccccc1C1CCNC(=S)N1)c1ccc(OCCN2CCCCC2)cc1. The Morgan fingerprint density at radius 2 is 1.87 bits per heavy atom. The first kappa shape index (κ1) is 21.6. The zero-order chi connectivity index (χ0) is 21.5. The van der Waals surface area contributed by atoms with Crippen LogP contribution < -0.4 is 20.7 Å². The molecule has 31 heavy (non-hydrogen) atoms. The van der Waals surface area contributed by atoms with Crippen molar-refractivity contribution in [3.8, 4) is 5.75 Å². The maximum Gasteiger partial charge on any atom is 0.255 e. The minimum Gasteiger partial charge on any atom is -0.492 e. The summed E-state index contributed by atoms with van der Waals surface area (Å²) in [5, 5.41) is 10.1. The molecule has 7 heteroatoms. The van der Waals surface area contributed by atoms with Gasteiger partial charge in [0.2, 0.25) is 0 Å². The van der Waals surface area contributed by atoms with E-state index in [1.807, 2.05) is 48.5 Å². The average Bonchev–Trinajstić information content (AvgIpc) is 2.80. The fourth-order valence-corrected chi connectivity index (χ4v) is 4.38. The molecule has 0 aliphatic carbocycles. The molecule has 164 valence electrons. The summed E-state index contributed by atoms with van der Waals surface area (Å²) in [7, 11) is 0. The van der Waals surface area contributed by atoms with Gasteiger partial charge in [-0.15, -0.1) is 0 Å². The fraction of sp³-hybridized carbons (Fsp3) is 0.417. The van der Waals surface area contributed by atoms with Crippen molar-refractivity contribution >= 4 is 28.9 Å². The number of rotatable bonds is 7. The lowest BCUT2D eigenvalue weighted by molar-refractivity contribution is 0.102. The van der Waals surface area contributed by atoms with Gasteiger partial charge in [0.15, 0.2) is 5.11 Å². The van der Waals surface area contributed by atoms with Gasteiger partial charge >= 0.3 is 0 Å². The van der Waals surface area contributed by atoms with Gasteiger partial charge in [-0.2, -0.15) is 0 Å². The Labute approximate surface area is 189 Å². The number of anilines is 1. The van der Waals surface area contributed by atoms with Crippen LogP contribution in [-0.2, 0) is 0 Å². The number of nitrogens with one attached hydrogen (secondary N) is 3. The number of benzene rings is 2. The van der Waals surface area contributed by atoms with Crippen molar-refractivity contribution in [1.29, 1.82) is 0 Å². The van der Waals surface area contributed by atoms with E-state index in [0.29, 0.717) is 17.3 Å². The molecule has 0 aromatic heterocycles. The molecule has 2 saturated heterocycles. The molecule has 3 N–H and O–H groups in total. The summed E-state index contributed by atoms with van der Waals surface area (Å²) in [6, 6.07) is 15.3. The third-order valence-corrected chi connectivity index (χ3v) is 6.11. The molecular formula is C24H30N4O2S. The van der Waals surface area contributed by atoms with E-state index in [2.05, 4.69) is 20.9 Å². The van der Waals surface area contributed by atoms with Crippen LogP contribution >= 0.6 is 12.2 Å². The van der Waals surface area contributed by atoms with Crippen LogP contribution in [0.1, 0.15) is 47.6 Å². The van der Waals surface area contributed by atoms with Crippen molar-refractivity contribution in [3.05, 3.63) is 59.7 Å². The van der Waals surface area contributed by atoms with Crippen molar-refractivity contribution in [1.82, 2.24) is 15.5 Å². The predicted octanol–water partition coefficient (Wildman–Crippen LogP) is 3.71. The summed E-state index contributed by atoms with van der Waals surface area (Å²) < 4.78 is 5.87. The number of nitrogens with zero attached hydrogens (tertiary/aromatic N) is 1. The van der Waals surface area contributed by atoms with Gasteiger partial charge in [0.25, 0.3) is 5.91 Å². The average molecular weight is 439 g/mol. The number of ether oxygens (including phenoxy) is 1. The Hall–Kier alpha value is -2.64. The fourth-order valence-electron chi connectivity index (χ4n) is 4.13. The summed E-state index contributed by atoms with van der Waals surface area (Å²) >= 11 is 5.25. The van der Waals surface area contributed by atoms with Crippen molar-refractivity contribution < 1.29 is 9.53 Å². The van der Waals surface area contributed by atoms with Crippen LogP contribution in [0.2, 0.25) is 0 Å². The number of carbonyl (C=O) groups excluding carboxylic acids is 1. The molecule has 2 aliphatic heterocycles. The highest BCUT2D eigenvalue weighted by atomic mass is 32.1. The number of carbonyl (C=O) groups is 1. The molecule has 2 aromatic carbocycles. The van der Waals surface area contributed by atoms with Crippen molar-refractivity contribution in [2.75, 3.05) is 38.1 Å². The highest BCUT2D eigenvalue weighted by molar-refractivity contribution is 7.80. The maximum absolute atomic E-state index is 12.8. The second kappa shape index (κ2) is 10.6. The normalized spacial score (nSPS) is 19.2. The third kappa shape index (κ3) is 5.95. The van der Waals surface area contributed by atoms with E-state index < -0.39 is 0 Å². The smallest absolute Gasteiger partial charge is 0.255 e.